The minimum Gasteiger partial charge on any atom is -0.310 e. The number of rotatable bonds is 5. The maximum atomic E-state index is 4.42. The number of aryl methyl sites for hydroxylation is 3. The predicted molar refractivity (Wildman–Crippen MR) is 85.0 cm³/mol. The summed E-state index contributed by atoms with van der Waals surface area (Å²) in [6.45, 7) is 9.53. The predicted octanol–water partition coefficient (Wildman–Crippen LogP) is 3.90. The van der Waals surface area contributed by atoms with E-state index in [1.807, 2.05) is 12.3 Å². The number of aromatic nitrogens is 1. The second-order valence-corrected chi connectivity index (χ2v) is 5.41. The molecule has 0 bridgehead atoms. The maximum Gasteiger partial charge on any atom is 0.0420 e. The molecule has 0 amide bonds. The van der Waals surface area contributed by atoms with E-state index in [0.717, 1.165) is 18.7 Å². The number of benzene rings is 1. The van der Waals surface area contributed by atoms with Gasteiger partial charge < -0.3 is 5.32 Å². The summed E-state index contributed by atoms with van der Waals surface area (Å²) in [4.78, 5) is 4.42. The van der Waals surface area contributed by atoms with E-state index in [1.165, 1.54) is 22.3 Å². The van der Waals surface area contributed by atoms with Crippen LogP contribution in [0.4, 0.5) is 0 Å². The fraction of sp³-hybridized carbons (Fsp3) is 0.389. The molecule has 0 saturated heterocycles. The molecule has 106 valence electrons. The van der Waals surface area contributed by atoms with Crippen LogP contribution in [0.15, 0.2) is 36.5 Å². The first-order valence-electron chi connectivity index (χ1n) is 7.32. The van der Waals surface area contributed by atoms with Gasteiger partial charge in [-0.25, -0.2) is 0 Å². The third-order valence-electron chi connectivity index (χ3n) is 3.88. The molecule has 2 aromatic rings. The van der Waals surface area contributed by atoms with E-state index >= 15 is 0 Å². The molecule has 1 aromatic carbocycles. The van der Waals surface area contributed by atoms with Gasteiger partial charge in [-0.15, -0.1) is 0 Å². The smallest absolute Gasteiger partial charge is 0.0420 e. The summed E-state index contributed by atoms with van der Waals surface area (Å²) in [5, 5.41) is 3.58. The van der Waals surface area contributed by atoms with Crippen LogP contribution in [0.1, 0.15) is 40.9 Å². The average Bonchev–Trinajstić information content (AvgIpc) is 2.43. The molecule has 20 heavy (non-hydrogen) atoms. The van der Waals surface area contributed by atoms with Crippen molar-refractivity contribution in [2.24, 2.45) is 0 Å². The van der Waals surface area contributed by atoms with Gasteiger partial charge in [0.25, 0.3) is 0 Å². The lowest BCUT2D eigenvalue weighted by molar-refractivity contribution is 0.545. The highest BCUT2D eigenvalue weighted by molar-refractivity contribution is 5.32. The molecule has 0 radical (unpaired) electrons. The van der Waals surface area contributed by atoms with Crippen molar-refractivity contribution < 1.29 is 0 Å². The first-order valence-corrected chi connectivity index (χ1v) is 7.32. The minimum absolute atomic E-state index is 0.329. The van der Waals surface area contributed by atoms with E-state index in [9.17, 15) is 0 Å². The van der Waals surface area contributed by atoms with Gasteiger partial charge in [-0.05, 0) is 62.1 Å². The molecular weight excluding hydrogens is 244 g/mol. The lowest BCUT2D eigenvalue weighted by atomic mass is 9.96. The molecule has 2 nitrogen and oxygen atoms in total. The summed E-state index contributed by atoms with van der Waals surface area (Å²) in [6.07, 6.45) is 2.86. The summed E-state index contributed by atoms with van der Waals surface area (Å²) in [7, 11) is 0. The number of nitrogens with zero attached hydrogens (tertiary/aromatic N) is 1. The average molecular weight is 268 g/mol. The second kappa shape index (κ2) is 6.67. The highest BCUT2D eigenvalue weighted by atomic mass is 14.9. The highest BCUT2D eigenvalue weighted by Crippen LogP contribution is 2.21. The van der Waals surface area contributed by atoms with Crippen LogP contribution in [0.5, 0.6) is 0 Å². The zero-order valence-electron chi connectivity index (χ0n) is 12.9. The largest absolute Gasteiger partial charge is 0.310 e. The van der Waals surface area contributed by atoms with Crippen molar-refractivity contribution in [2.45, 2.75) is 40.2 Å². The van der Waals surface area contributed by atoms with Crippen LogP contribution in [-0.2, 0) is 6.42 Å². The molecule has 1 unspecified atom stereocenters. The molecule has 1 N–H and O–H groups in total. The van der Waals surface area contributed by atoms with Gasteiger partial charge in [0.2, 0.25) is 0 Å². The Labute approximate surface area is 122 Å². The van der Waals surface area contributed by atoms with Gasteiger partial charge in [0.1, 0.15) is 0 Å². The fourth-order valence-electron chi connectivity index (χ4n) is 2.57. The van der Waals surface area contributed by atoms with Crippen molar-refractivity contribution >= 4 is 0 Å². The summed E-state index contributed by atoms with van der Waals surface area (Å²) in [5.41, 5.74) is 6.50. The minimum atomic E-state index is 0.329. The van der Waals surface area contributed by atoms with E-state index in [1.54, 1.807) is 0 Å². The second-order valence-electron chi connectivity index (χ2n) is 5.41. The number of likely N-dealkylation sites (N-methyl/N-ethyl adjacent to an activating group) is 1. The third-order valence-corrected chi connectivity index (χ3v) is 3.88. The van der Waals surface area contributed by atoms with Crippen LogP contribution in [0.3, 0.4) is 0 Å². The molecule has 0 spiro atoms. The zero-order chi connectivity index (χ0) is 14.5. The first kappa shape index (κ1) is 14.7. The van der Waals surface area contributed by atoms with Crippen LogP contribution in [-0.4, -0.2) is 11.5 Å². The van der Waals surface area contributed by atoms with Gasteiger partial charge in [-0.2, -0.15) is 0 Å². The van der Waals surface area contributed by atoms with Gasteiger partial charge in [0, 0.05) is 17.9 Å². The molecule has 1 heterocycles. The summed E-state index contributed by atoms with van der Waals surface area (Å²) in [6, 6.07) is 11.3. The van der Waals surface area contributed by atoms with Crippen LogP contribution in [0.25, 0.3) is 0 Å². The lowest BCUT2D eigenvalue weighted by Gasteiger charge is -2.20. The van der Waals surface area contributed by atoms with Crippen molar-refractivity contribution in [2.75, 3.05) is 6.54 Å². The standard InChI is InChI=1S/C18H24N2/c1-5-19-18(17-7-6-10-20-15(17)4)12-16-9-8-13(2)14(3)11-16/h6-11,18-19H,5,12H2,1-4H3. The monoisotopic (exact) mass is 268 g/mol. The molecule has 0 fully saturated rings. The molecule has 2 heteroatoms. The Morgan fingerprint density at radius 3 is 2.55 bits per heavy atom. The SMILES string of the molecule is CCNC(Cc1ccc(C)c(C)c1)c1cccnc1C. The van der Waals surface area contributed by atoms with E-state index in [2.05, 4.69) is 62.3 Å². The van der Waals surface area contributed by atoms with E-state index in [0.29, 0.717) is 6.04 Å². The first-order chi connectivity index (χ1) is 9.61. The van der Waals surface area contributed by atoms with Crippen molar-refractivity contribution in [3.8, 4) is 0 Å². The van der Waals surface area contributed by atoms with Crippen molar-refractivity contribution in [1.29, 1.82) is 0 Å². The fourth-order valence-corrected chi connectivity index (χ4v) is 2.57. The Balaban J connectivity index is 2.25. The molecule has 0 aliphatic rings. The molecular formula is C18H24N2. The van der Waals surface area contributed by atoms with Gasteiger partial charge in [-0.1, -0.05) is 31.2 Å². The molecule has 0 aliphatic carbocycles. The summed E-state index contributed by atoms with van der Waals surface area (Å²) < 4.78 is 0. The summed E-state index contributed by atoms with van der Waals surface area (Å²) in [5.74, 6) is 0. The normalized spacial score (nSPS) is 12.4. The van der Waals surface area contributed by atoms with Gasteiger partial charge in [-0.3, -0.25) is 4.98 Å². The van der Waals surface area contributed by atoms with Crippen LogP contribution >= 0.6 is 0 Å². The number of hydrogen-bond acceptors (Lipinski definition) is 2. The topological polar surface area (TPSA) is 24.9 Å². The molecule has 0 aliphatic heterocycles. The Hall–Kier alpha value is -1.67. The van der Waals surface area contributed by atoms with E-state index in [-0.39, 0.29) is 0 Å². The molecule has 0 saturated carbocycles. The molecule has 1 atom stereocenters. The van der Waals surface area contributed by atoms with Gasteiger partial charge in [0.05, 0.1) is 0 Å². The number of pyridine rings is 1. The molecule has 2 rings (SSSR count). The zero-order valence-corrected chi connectivity index (χ0v) is 12.9. The van der Waals surface area contributed by atoms with Crippen LogP contribution in [0, 0.1) is 20.8 Å². The van der Waals surface area contributed by atoms with Crippen LogP contribution < -0.4 is 5.32 Å². The lowest BCUT2D eigenvalue weighted by Crippen LogP contribution is -2.24. The third kappa shape index (κ3) is 3.45. The van der Waals surface area contributed by atoms with Gasteiger partial charge in [0.15, 0.2) is 0 Å². The number of hydrogen-bond donors (Lipinski definition) is 1. The van der Waals surface area contributed by atoms with E-state index < -0.39 is 0 Å². The van der Waals surface area contributed by atoms with Crippen molar-refractivity contribution in [3.63, 3.8) is 0 Å². The quantitative estimate of drug-likeness (QED) is 0.889. The maximum absolute atomic E-state index is 4.42. The van der Waals surface area contributed by atoms with Gasteiger partial charge >= 0.3 is 0 Å². The highest BCUT2D eigenvalue weighted by Gasteiger charge is 2.14. The van der Waals surface area contributed by atoms with Crippen molar-refractivity contribution in [1.82, 2.24) is 10.3 Å². The summed E-state index contributed by atoms with van der Waals surface area (Å²) >= 11 is 0. The Kier molecular flexibility index (Phi) is 4.91. The van der Waals surface area contributed by atoms with Crippen molar-refractivity contribution in [3.05, 3.63) is 64.5 Å². The number of nitrogens with one attached hydrogen (secondary N) is 1. The Morgan fingerprint density at radius 1 is 1.10 bits per heavy atom. The Morgan fingerprint density at radius 2 is 1.90 bits per heavy atom. The van der Waals surface area contributed by atoms with Crippen LogP contribution in [0.2, 0.25) is 0 Å². The molecule has 1 aromatic heterocycles. The Bertz CT molecular complexity index is 575. The van der Waals surface area contributed by atoms with E-state index in [4.69, 9.17) is 0 Å².